The monoisotopic (exact) mass is 346 g/mol. The van der Waals surface area contributed by atoms with Gasteiger partial charge in [0.15, 0.2) is 17.0 Å². The second-order valence-corrected chi connectivity index (χ2v) is 6.00. The van der Waals surface area contributed by atoms with Crippen LogP contribution in [0.2, 0.25) is 0 Å². The van der Waals surface area contributed by atoms with E-state index in [0.29, 0.717) is 23.2 Å². The zero-order valence-corrected chi connectivity index (χ0v) is 14.5. The molecule has 0 saturated heterocycles. The third kappa shape index (κ3) is 3.16. The first kappa shape index (κ1) is 15.9. The van der Waals surface area contributed by atoms with E-state index >= 15 is 0 Å². The lowest BCUT2D eigenvalue weighted by molar-refractivity contribution is 0.613. The molecule has 0 amide bonds. The van der Waals surface area contributed by atoms with Crippen molar-refractivity contribution in [3.05, 3.63) is 55.1 Å². The van der Waals surface area contributed by atoms with Crippen molar-refractivity contribution in [1.29, 1.82) is 0 Å². The Kier molecular flexibility index (Phi) is 4.14. The van der Waals surface area contributed by atoms with Gasteiger partial charge in [0.05, 0.1) is 6.33 Å². The van der Waals surface area contributed by atoms with Crippen LogP contribution in [0, 0.1) is 0 Å². The molecule has 0 bridgehead atoms. The van der Waals surface area contributed by atoms with Crippen molar-refractivity contribution in [2.75, 3.05) is 10.6 Å². The quantitative estimate of drug-likeness (QED) is 0.569. The predicted molar refractivity (Wildman–Crippen MR) is 101 cm³/mol. The lowest BCUT2D eigenvalue weighted by Gasteiger charge is -2.11. The Labute approximate surface area is 150 Å². The van der Waals surface area contributed by atoms with Crippen molar-refractivity contribution in [1.82, 2.24) is 29.5 Å². The number of nitrogens with zero attached hydrogens (tertiary/aromatic N) is 6. The first-order chi connectivity index (χ1) is 12.7. The Morgan fingerprint density at radius 1 is 0.846 bits per heavy atom. The Bertz CT molecular complexity index is 1010. The highest BCUT2D eigenvalue weighted by molar-refractivity contribution is 5.86. The molecule has 2 N–H and O–H groups in total. The summed E-state index contributed by atoms with van der Waals surface area (Å²) in [6.07, 6.45) is 5.10. The first-order valence-electron chi connectivity index (χ1n) is 8.31. The van der Waals surface area contributed by atoms with E-state index in [1.165, 1.54) is 0 Å². The summed E-state index contributed by atoms with van der Waals surface area (Å²) in [6, 6.07) is 11.8. The summed E-state index contributed by atoms with van der Waals surface area (Å²) < 4.78 is 2.00. The summed E-state index contributed by atoms with van der Waals surface area (Å²) in [7, 11) is 0. The minimum Gasteiger partial charge on any atom is -0.338 e. The van der Waals surface area contributed by atoms with Gasteiger partial charge >= 0.3 is 0 Å². The molecule has 0 aliphatic rings. The Balaban J connectivity index is 1.80. The van der Waals surface area contributed by atoms with Crippen LogP contribution in [0.15, 0.2) is 55.1 Å². The van der Waals surface area contributed by atoms with Gasteiger partial charge in [-0.2, -0.15) is 9.97 Å². The van der Waals surface area contributed by atoms with Crippen molar-refractivity contribution < 1.29 is 0 Å². The van der Waals surface area contributed by atoms with Crippen molar-refractivity contribution in [2.45, 2.75) is 19.9 Å². The van der Waals surface area contributed by atoms with Gasteiger partial charge in [-0.1, -0.05) is 18.2 Å². The van der Waals surface area contributed by atoms with Crippen LogP contribution in [0.1, 0.15) is 19.9 Å². The largest absolute Gasteiger partial charge is 0.338 e. The van der Waals surface area contributed by atoms with Crippen LogP contribution in [0.25, 0.3) is 11.2 Å². The highest BCUT2D eigenvalue weighted by Gasteiger charge is 2.15. The molecular weight excluding hydrogens is 328 g/mol. The van der Waals surface area contributed by atoms with Crippen LogP contribution < -0.4 is 10.6 Å². The Hall–Kier alpha value is -3.55. The molecule has 3 heterocycles. The summed E-state index contributed by atoms with van der Waals surface area (Å²) in [4.78, 5) is 22.0. The molecule has 0 spiro atoms. The maximum Gasteiger partial charge on any atom is 0.233 e. The van der Waals surface area contributed by atoms with Gasteiger partial charge in [-0.05, 0) is 32.0 Å². The fourth-order valence-electron chi connectivity index (χ4n) is 2.56. The summed E-state index contributed by atoms with van der Waals surface area (Å²) in [6.45, 7) is 4.17. The number of fused-ring (bicyclic) bond motifs is 1. The molecule has 1 aromatic carbocycles. The molecule has 26 heavy (non-hydrogen) atoms. The van der Waals surface area contributed by atoms with Gasteiger partial charge in [0.25, 0.3) is 0 Å². The molecule has 8 heteroatoms. The topological polar surface area (TPSA) is 93.4 Å². The van der Waals surface area contributed by atoms with E-state index < -0.39 is 0 Å². The number of hydrogen-bond acceptors (Lipinski definition) is 7. The third-order valence-electron chi connectivity index (χ3n) is 3.80. The molecule has 130 valence electrons. The minimum atomic E-state index is 0.223. The van der Waals surface area contributed by atoms with Crippen molar-refractivity contribution in [2.24, 2.45) is 0 Å². The van der Waals surface area contributed by atoms with E-state index in [2.05, 4.69) is 49.4 Å². The zero-order chi connectivity index (χ0) is 17.9. The maximum absolute atomic E-state index is 4.61. The average molecular weight is 346 g/mol. The Morgan fingerprint density at radius 2 is 1.62 bits per heavy atom. The second-order valence-electron chi connectivity index (χ2n) is 6.00. The number of nitrogens with one attached hydrogen (secondary N) is 2. The fraction of sp³-hybridized carbons (Fsp3) is 0.167. The number of para-hydroxylation sites is 1. The van der Waals surface area contributed by atoms with E-state index in [-0.39, 0.29) is 6.04 Å². The van der Waals surface area contributed by atoms with Gasteiger partial charge in [0, 0.05) is 24.1 Å². The van der Waals surface area contributed by atoms with Gasteiger partial charge in [-0.25, -0.2) is 15.0 Å². The third-order valence-corrected chi connectivity index (χ3v) is 3.80. The van der Waals surface area contributed by atoms with Gasteiger partial charge < -0.3 is 9.88 Å². The lowest BCUT2D eigenvalue weighted by atomic mass is 10.3. The number of benzene rings is 1. The summed E-state index contributed by atoms with van der Waals surface area (Å²) in [5, 5.41) is 6.37. The smallest absolute Gasteiger partial charge is 0.233 e. The van der Waals surface area contributed by atoms with E-state index in [4.69, 9.17) is 0 Å². The molecule has 0 aliphatic carbocycles. The molecule has 4 rings (SSSR count). The normalized spacial score (nSPS) is 11.0. The van der Waals surface area contributed by atoms with E-state index in [1.54, 1.807) is 24.8 Å². The van der Waals surface area contributed by atoms with Crippen molar-refractivity contribution in [3.63, 3.8) is 0 Å². The molecule has 4 aromatic rings. The molecule has 0 atom stereocenters. The standard InChI is InChI=1S/C18H18N8/c1-12(2)26-11-21-14-15(22-13-7-4-3-5-8-13)23-18(24-16(14)26)25-17-19-9-6-10-20-17/h3-12H,1-2H3,(H2,19,20,22,23,24,25). The number of hydrogen-bond donors (Lipinski definition) is 2. The minimum absolute atomic E-state index is 0.223. The highest BCUT2D eigenvalue weighted by Crippen LogP contribution is 2.26. The molecule has 0 saturated carbocycles. The molecule has 0 aliphatic heterocycles. The highest BCUT2D eigenvalue weighted by atomic mass is 15.2. The van der Waals surface area contributed by atoms with Gasteiger partial charge in [0.1, 0.15) is 0 Å². The molecule has 0 fully saturated rings. The van der Waals surface area contributed by atoms with Crippen LogP contribution in [0.3, 0.4) is 0 Å². The van der Waals surface area contributed by atoms with E-state index in [9.17, 15) is 0 Å². The number of imidazole rings is 1. The maximum atomic E-state index is 4.61. The van der Waals surface area contributed by atoms with Crippen LogP contribution in [-0.2, 0) is 0 Å². The zero-order valence-electron chi connectivity index (χ0n) is 14.5. The van der Waals surface area contributed by atoms with Gasteiger partial charge in [-0.15, -0.1) is 0 Å². The lowest BCUT2D eigenvalue weighted by Crippen LogP contribution is -2.06. The number of rotatable bonds is 5. The molecule has 0 radical (unpaired) electrons. The van der Waals surface area contributed by atoms with E-state index in [0.717, 1.165) is 11.3 Å². The van der Waals surface area contributed by atoms with Crippen LogP contribution >= 0.6 is 0 Å². The molecule has 0 unspecified atom stereocenters. The summed E-state index contributed by atoms with van der Waals surface area (Å²) >= 11 is 0. The van der Waals surface area contributed by atoms with Crippen molar-refractivity contribution >= 4 is 34.6 Å². The number of anilines is 4. The average Bonchev–Trinajstić information content (AvgIpc) is 3.08. The fourth-order valence-corrected chi connectivity index (χ4v) is 2.56. The van der Waals surface area contributed by atoms with Crippen molar-refractivity contribution in [3.8, 4) is 0 Å². The number of aromatic nitrogens is 6. The van der Waals surface area contributed by atoms with Gasteiger partial charge in [-0.3, -0.25) is 5.32 Å². The Morgan fingerprint density at radius 3 is 2.35 bits per heavy atom. The molecule has 3 aromatic heterocycles. The SMILES string of the molecule is CC(C)n1cnc2c(Nc3ccccc3)nc(Nc3ncccn3)nc21. The van der Waals surface area contributed by atoms with Crippen LogP contribution in [0.4, 0.5) is 23.4 Å². The predicted octanol–water partition coefficient (Wildman–Crippen LogP) is 3.68. The molecule has 8 nitrogen and oxygen atoms in total. The van der Waals surface area contributed by atoms with E-state index in [1.807, 2.05) is 34.9 Å². The summed E-state index contributed by atoms with van der Waals surface area (Å²) in [5.74, 6) is 1.47. The van der Waals surface area contributed by atoms with Crippen LogP contribution in [0.5, 0.6) is 0 Å². The second kappa shape index (κ2) is 6.75. The summed E-state index contributed by atoms with van der Waals surface area (Å²) in [5.41, 5.74) is 2.38. The molecular formula is C18H18N8. The van der Waals surface area contributed by atoms with Gasteiger partial charge in [0.2, 0.25) is 11.9 Å². The first-order valence-corrected chi connectivity index (χ1v) is 8.31. The van der Waals surface area contributed by atoms with Crippen LogP contribution in [-0.4, -0.2) is 29.5 Å².